The van der Waals surface area contributed by atoms with E-state index in [0.29, 0.717) is 5.92 Å². The number of alkyl halides is 1. The lowest BCUT2D eigenvalue weighted by Gasteiger charge is -2.09. The minimum Gasteiger partial charge on any atom is -0.312 e. The zero-order chi connectivity index (χ0) is 10.4. The molecule has 0 saturated heterocycles. The molecule has 0 bridgehead atoms. The lowest BCUT2D eigenvalue weighted by molar-refractivity contribution is 0.503. The number of hydrogen-bond acceptors (Lipinski definition) is 2. The summed E-state index contributed by atoms with van der Waals surface area (Å²) in [6.07, 6.45) is 1.09. The molecule has 0 fully saturated rings. The molecule has 1 unspecified atom stereocenters. The van der Waals surface area contributed by atoms with Crippen molar-refractivity contribution >= 4 is 38.9 Å². The summed E-state index contributed by atoms with van der Waals surface area (Å²) in [5.74, 6) is 1.42. The molecule has 1 nitrogen and oxygen atoms in total. The van der Waals surface area contributed by atoms with Crippen molar-refractivity contribution in [2.45, 2.75) is 19.9 Å². The second-order valence-electron chi connectivity index (χ2n) is 3.44. The first-order valence-electron chi connectivity index (χ1n) is 4.72. The topological polar surface area (TPSA) is 12.0 Å². The van der Waals surface area contributed by atoms with Crippen LogP contribution in [0.2, 0.25) is 0 Å². The van der Waals surface area contributed by atoms with Crippen LogP contribution in [0.1, 0.15) is 18.2 Å². The van der Waals surface area contributed by atoms with E-state index >= 15 is 0 Å². The Morgan fingerprint density at radius 3 is 3.00 bits per heavy atom. The Hall–Kier alpha value is 0.430. The van der Waals surface area contributed by atoms with Gasteiger partial charge in [-0.2, -0.15) is 0 Å². The van der Waals surface area contributed by atoms with Crippen molar-refractivity contribution < 1.29 is 0 Å². The summed E-state index contributed by atoms with van der Waals surface area (Å²) < 4.78 is 1.17. The lowest BCUT2D eigenvalue weighted by Crippen LogP contribution is -2.20. The molecule has 14 heavy (non-hydrogen) atoms. The maximum atomic E-state index is 5.66. The van der Waals surface area contributed by atoms with Gasteiger partial charge in [-0.15, -0.1) is 22.9 Å². The van der Waals surface area contributed by atoms with Crippen LogP contribution in [-0.2, 0) is 6.54 Å². The standard InChI is InChI=1S/C10H15BrClNS/c1-8(2-3-12)5-13-6-10-4-9(11)7-14-10/h4,7-8,13H,2-3,5-6H2,1H3. The molecule has 0 radical (unpaired) electrons. The van der Waals surface area contributed by atoms with Crippen molar-refractivity contribution in [1.29, 1.82) is 0 Å². The van der Waals surface area contributed by atoms with E-state index in [2.05, 4.69) is 39.6 Å². The van der Waals surface area contributed by atoms with Crippen LogP contribution in [0.5, 0.6) is 0 Å². The molecular weight excluding hydrogens is 282 g/mol. The van der Waals surface area contributed by atoms with Crippen molar-refractivity contribution in [1.82, 2.24) is 5.32 Å². The van der Waals surface area contributed by atoms with Gasteiger partial charge in [-0.25, -0.2) is 0 Å². The van der Waals surface area contributed by atoms with Crippen molar-refractivity contribution in [3.8, 4) is 0 Å². The molecule has 0 aliphatic carbocycles. The van der Waals surface area contributed by atoms with E-state index in [-0.39, 0.29) is 0 Å². The molecule has 0 saturated carbocycles. The third-order valence-electron chi connectivity index (χ3n) is 2.02. The van der Waals surface area contributed by atoms with Crippen molar-refractivity contribution in [2.75, 3.05) is 12.4 Å². The van der Waals surface area contributed by atoms with Gasteiger partial charge in [0.15, 0.2) is 0 Å². The van der Waals surface area contributed by atoms with Gasteiger partial charge in [-0.3, -0.25) is 0 Å². The third kappa shape index (κ3) is 4.78. The number of hydrogen-bond donors (Lipinski definition) is 1. The van der Waals surface area contributed by atoms with Crippen LogP contribution in [0.4, 0.5) is 0 Å². The van der Waals surface area contributed by atoms with Crippen molar-refractivity contribution in [3.05, 3.63) is 20.8 Å². The van der Waals surface area contributed by atoms with Gasteiger partial charge >= 0.3 is 0 Å². The highest BCUT2D eigenvalue weighted by Gasteiger charge is 2.01. The highest BCUT2D eigenvalue weighted by Crippen LogP contribution is 2.19. The van der Waals surface area contributed by atoms with E-state index in [0.717, 1.165) is 25.4 Å². The average Bonchev–Trinajstić information content (AvgIpc) is 2.52. The summed E-state index contributed by atoms with van der Waals surface area (Å²) in [4.78, 5) is 1.37. The summed E-state index contributed by atoms with van der Waals surface area (Å²) in [5, 5.41) is 5.54. The van der Waals surface area contributed by atoms with Crippen molar-refractivity contribution in [2.24, 2.45) is 5.92 Å². The first-order valence-corrected chi connectivity index (χ1v) is 6.92. The minimum atomic E-state index is 0.663. The van der Waals surface area contributed by atoms with Crippen LogP contribution < -0.4 is 5.32 Å². The molecule has 0 aliphatic heterocycles. The van der Waals surface area contributed by atoms with E-state index in [1.807, 2.05) is 0 Å². The van der Waals surface area contributed by atoms with Crippen LogP contribution in [0.3, 0.4) is 0 Å². The van der Waals surface area contributed by atoms with E-state index in [1.54, 1.807) is 11.3 Å². The Balaban J connectivity index is 2.15. The normalized spacial score (nSPS) is 13.1. The fourth-order valence-corrected chi connectivity index (χ4v) is 2.97. The van der Waals surface area contributed by atoms with E-state index < -0.39 is 0 Å². The third-order valence-corrected chi connectivity index (χ3v) is 3.93. The molecule has 0 aromatic carbocycles. The van der Waals surface area contributed by atoms with Crippen LogP contribution >= 0.6 is 38.9 Å². The fourth-order valence-electron chi connectivity index (χ4n) is 1.18. The summed E-state index contributed by atoms with van der Waals surface area (Å²) in [7, 11) is 0. The van der Waals surface area contributed by atoms with E-state index in [1.165, 1.54) is 9.35 Å². The molecule has 1 N–H and O–H groups in total. The van der Waals surface area contributed by atoms with E-state index in [4.69, 9.17) is 11.6 Å². The molecule has 0 spiro atoms. The summed E-state index contributed by atoms with van der Waals surface area (Å²) in [5.41, 5.74) is 0. The van der Waals surface area contributed by atoms with Gasteiger partial charge in [0, 0.05) is 27.2 Å². The fraction of sp³-hybridized carbons (Fsp3) is 0.600. The summed E-state index contributed by atoms with van der Waals surface area (Å²) >= 11 is 10.9. The zero-order valence-corrected chi connectivity index (χ0v) is 11.4. The van der Waals surface area contributed by atoms with Gasteiger partial charge in [-0.05, 0) is 40.9 Å². The number of halogens is 2. The number of rotatable bonds is 6. The number of thiophene rings is 1. The Morgan fingerprint density at radius 2 is 2.43 bits per heavy atom. The second-order valence-corrected chi connectivity index (χ2v) is 5.73. The molecule has 1 heterocycles. The monoisotopic (exact) mass is 295 g/mol. The van der Waals surface area contributed by atoms with Gasteiger partial charge in [0.1, 0.15) is 0 Å². The molecule has 80 valence electrons. The van der Waals surface area contributed by atoms with Gasteiger partial charge in [-0.1, -0.05) is 6.92 Å². The predicted octanol–water partition coefficient (Wildman–Crippen LogP) is 3.87. The largest absolute Gasteiger partial charge is 0.312 e. The SMILES string of the molecule is CC(CCCl)CNCc1cc(Br)cs1. The summed E-state index contributed by atoms with van der Waals surface area (Å²) in [6, 6.07) is 2.16. The van der Waals surface area contributed by atoms with Gasteiger partial charge in [0.25, 0.3) is 0 Å². The Bertz CT molecular complexity index is 264. The second kappa shape index (κ2) is 6.83. The average molecular weight is 297 g/mol. The number of nitrogens with one attached hydrogen (secondary N) is 1. The minimum absolute atomic E-state index is 0.663. The van der Waals surface area contributed by atoms with Crippen molar-refractivity contribution in [3.63, 3.8) is 0 Å². The Kier molecular flexibility index (Phi) is 6.10. The van der Waals surface area contributed by atoms with Crippen LogP contribution in [0.15, 0.2) is 15.9 Å². The molecule has 1 aromatic heterocycles. The highest BCUT2D eigenvalue weighted by molar-refractivity contribution is 9.10. The molecule has 1 atom stereocenters. The zero-order valence-electron chi connectivity index (χ0n) is 8.22. The molecule has 0 amide bonds. The summed E-state index contributed by atoms with van der Waals surface area (Å²) in [6.45, 7) is 4.23. The first kappa shape index (κ1) is 12.5. The van der Waals surface area contributed by atoms with Crippen LogP contribution in [-0.4, -0.2) is 12.4 Å². The molecule has 4 heteroatoms. The maximum Gasteiger partial charge on any atom is 0.0300 e. The highest BCUT2D eigenvalue weighted by atomic mass is 79.9. The molecule has 0 aliphatic rings. The quantitative estimate of drug-likeness (QED) is 0.786. The Labute approximate surface area is 103 Å². The lowest BCUT2D eigenvalue weighted by atomic mass is 10.1. The smallest absolute Gasteiger partial charge is 0.0300 e. The predicted molar refractivity (Wildman–Crippen MR) is 68.2 cm³/mol. The Morgan fingerprint density at radius 1 is 1.64 bits per heavy atom. The van der Waals surface area contributed by atoms with Crippen LogP contribution in [0.25, 0.3) is 0 Å². The molecular formula is C10H15BrClNS. The molecule has 1 rings (SSSR count). The maximum absolute atomic E-state index is 5.66. The van der Waals surface area contributed by atoms with E-state index in [9.17, 15) is 0 Å². The van der Waals surface area contributed by atoms with Gasteiger partial charge in [0.2, 0.25) is 0 Å². The molecule has 1 aromatic rings. The van der Waals surface area contributed by atoms with Gasteiger partial charge < -0.3 is 5.32 Å². The van der Waals surface area contributed by atoms with Gasteiger partial charge in [0.05, 0.1) is 0 Å². The first-order chi connectivity index (χ1) is 6.72. The van der Waals surface area contributed by atoms with Crippen LogP contribution in [0, 0.1) is 5.92 Å².